The number of carbonyl (C=O) groups excluding carboxylic acids is 2. The summed E-state index contributed by atoms with van der Waals surface area (Å²) in [5.74, 6) is -0.655. The molecule has 1 aliphatic heterocycles. The fourth-order valence-corrected chi connectivity index (χ4v) is 4.91. The maximum atomic E-state index is 13.6. The van der Waals surface area contributed by atoms with Crippen molar-refractivity contribution in [3.05, 3.63) is 118 Å². The number of hydrogen-bond donors (Lipinski definition) is 2. The molecule has 3 aromatic rings. The Bertz CT molecular complexity index is 1360. The molecule has 0 bridgehead atoms. The number of ketones is 1. The summed E-state index contributed by atoms with van der Waals surface area (Å²) in [4.78, 5) is 26.9. The van der Waals surface area contributed by atoms with Gasteiger partial charge in [-0.25, -0.2) is 4.39 Å². The molecular formula is C30H27FN2O3. The van der Waals surface area contributed by atoms with E-state index in [4.69, 9.17) is 4.74 Å². The van der Waals surface area contributed by atoms with Gasteiger partial charge >= 0.3 is 0 Å². The van der Waals surface area contributed by atoms with E-state index < -0.39 is 5.92 Å². The minimum Gasteiger partial charge on any atom is -0.489 e. The monoisotopic (exact) mass is 482 g/mol. The lowest BCUT2D eigenvalue weighted by molar-refractivity contribution is -0.116. The van der Waals surface area contributed by atoms with Crippen LogP contribution in [0.3, 0.4) is 0 Å². The molecule has 3 aromatic carbocycles. The van der Waals surface area contributed by atoms with Gasteiger partial charge in [-0.05, 0) is 55.7 Å². The molecule has 1 aliphatic carbocycles. The average Bonchev–Trinajstić information content (AvgIpc) is 2.89. The van der Waals surface area contributed by atoms with Gasteiger partial charge in [-0.1, -0.05) is 48.5 Å². The molecule has 0 saturated carbocycles. The standard InChI is InChI=1S/C30H27FN2O3/c1-19-27(30(35)33-22-16-14-21(31)15-17-22)28(29-24(32-19)11-7-12-25(29)34)23-10-5-6-13-26(23)36-18-20-8-3-2-4-9-20/h2-6,8-10,13-17,28,32H,7,11-12,18H2,1H3,(H,33,35). The van der Waals surface area contributed by atoms with Crippen LogP contribution in [0.4, 0.5) is 10.1 Å². The van der Waals surface area contributed by atoms with Crippen molar-refractivity contribution in [3.63, 3.8) is 0 Å². The molecule has 5 nitrogen and oxygen atoms in total. The highest BCUT2D eigenvalue weighted by Crippen LogP contribution is 2.45. The third kappa shape index (κ3) is 4.80. The zero-order chi connectivity index (χ0) is 25.1. The Hall–Kier alpha value is -4.19. The lowest BCUT2D eigenvalue weighted by Crippen LogP contribution is -2.35. The van der Waals surface area contributed by atoms with E-state index in [9.17, 15) is 14.0 Å². The Kier molecular flexibility index (Phi) is 6.67. The number of allylic oxidation sites excluding steroid dienone is 3. The van der Waals surface area contributed by atoms with Crippen LogP contribution in [0.15, 0.2) is 101 Å². The fraction of sp³-hybridized carbons (Fsp3) is 0.200. The number of anilines is 1. The molecule has 1 amide bonds. The maximum Gasteiger partial charge on any atom is 0.254 e. The van der Waals surface area contributed by atoms with Gasteiger partial charge in [0.25, 0.3) is 5.91 Å². The molecule has 0 aromatic heterocycles. The second-order valence-electron chi connectivity index (χ2n) is 9.04. The number of para-hydroxylation sites is 1. The quantitative estimate of drug-likeness (QED) is 0.452. The predicted molar refractivity (Wildman–Crippen MR) is 137 cm³/mol. The summed E-state index contributed by atoms with van der Waals surface area (Å²) in [6.07, 6.45) is 1.96. The van der Waals surface area contributed by atoms with Gasteiger partial charge < -0.3 is 15.4 Å². The van der Waals surface area contributed by atoms with Crippen molar-refractivity contribution in [3.8, 4) is 5.75 Å². The topological polar surface area (TPSA) is 67.4 Å². The number of rotatable bonds is 6. The van der Waals surface area contributed by atoms with E-state index in [0.717, 1.165) is 29.7 Å². The summed E-state index contributed by atoms with van der Waals surface area (Å²) in [5, 5.41) is 6.21. The van der Waals surface area contributed by atoms with E-state index in [-0.39, 0.29) is 17.5 Å². The van der Waals surface area contributed by atoms with E-state index in [1.807, 2.05) is 61.5 Å². The van der Waals surface area contributed by atoms with Crippen LogP contribution in [0, 0.1) is 5.82 Å². The highest BCUT2D eigenvalue weighted by Gasteiger charge is 2.39. The van der Waals surface area contributed by atoms with Crippen LogP contribution in [-0.4, -0.2) is 11.7 Å². The van der Waals surface area contributed by atoms with Gasteiger partial charge in [0.15, 0.2) is 5.78 Å². The molecule has 1 unspecified atom stereocenters. The molecule has 0 spiro atoms. The smallest absolute Gasteiger partial charge is 0.254 e. The fourth-order valence-electron chi connectivity index (χ4n) is 4.91. The Balaban J connectivity index is 1.55. The average molecular weight is 483 g/mol. The molecule has 2 aliphatic rings. The van der Waals surface area contributed by atoms with E-state index in [1.54, 1.807) is 0 Å². The Labute approximate surface area is 209 Å². The highest BCUT2D eigenvalue weighted by atomic mass is 19.1. The van der Waals surface area contributed by atoms with Crippen LogP contribution in [-0.2, 0) is 16.2 Å². The number of ether oxygens (including phenoxy) is 1. The summed E-state index contributed by atoms with van der Waals surface area (Å²) in [6, 6.07) is 23.0. The largest absolute Gasteiger partial charge is 0.489 e. The SMILES string of the molecule is CC1=C(C(=O)Nc2ccc(F)cc2)C(c2ccccc2OCc2ccccc2)C2=C(CCCC2=O)N1. The van der Waals surface area contributed by atoms with Crippen LogP contribution in [0.5, 0.6) is 5.75 Å². The van der Waals surface area contributed by atoms with Crippen molar-refractivity contribution in [2.45, 2.75) is 38.7 Å². The minimum absolute atomic E-state index is 0.0335. The van der Waals surface area contributed by atoms with Crippen LogP contribution in [0.1, 0.15) is 43.2 Å². The Morgan fingerprint density at radius 3 is 2.50 bits per heavy atom. The van der Waals surface area contributed by atoms with Crippen LogP contribution < -0.4 is 15.4 Å². The number of nitrogens with one attached hydrogen (secondary N) is 2. The van der Waals surface area contributed by atoms with Gasteiger partial charge in [0.05, 0.1) is 5.92 Å². The van der Waals surface area contributed by atoms with Gasteiger partial charge in [-0.2, -0.15) is 0 Å². The van der Waals surface area contributed by atoms with E-state index in [2.05, 4.69) is 10.6 Å². The zero-order valence-corrected chi connectivity index (χ0v) is 20.0. The lowest BCUT2D eigenvalue weighted by Gasteiger charge is -2.35. The number of halogens is 1. The molecule has 0 saturated heterocycles. The van der Waals surface area contributed by atoms with Gasteiger partial charge in [0.2, 0.25) is 0 Å². The summed E-state index contributed by atoms with van der Waals surface area (Å²) in [7, 11) is 0. The van der Waals surface area contributed by atoms with E-state index >= 15 is 0 Å². The van der Waals surface area contributed by atoms with Gasteiger partial charge in [-0.15, -0.1) is 0 Å². The number of benzene rings is 3. The molecule has 6 heteroatoms. The number of dihydropyridines is 1. The summed E-state index contributed by atoms with van der Waals surface area (Å²) in [6.45, 7) is 2.21. The number of carbonyl (C=O) groups is 2. The van der Waals surface area contributed by atoms with E-state index in [0.29, 0.717) is 41.3 Å². The lowest BCUT2D eigenvalue weighted by atomic mass is 9.74. The first kappa shape index (κ1) is 23.5. The molecule has 36 heavy (non-hydrogen) atoms. The normalized spacial score (nSPS) is 17.4. The van der Waals surface area contributed by atoms with Crippen molar-refractivity contribution in [2.24, 2.45) is 0 Å². The zero-order valence-electron chi connectivity index (χ0n) is 20.0. The molecule has 2 N–H and O–H groups in total. The third-order valence-corrected chi connectivity index (χ3v) is 6.59. The first-order chi connectivity index (χ1) is 17.5. The Morgan fingerprint density at radius 2 is 1.72 bits per heavy atom. The minimum atomic E-state index is -0.582. The molecule has 0 fully saturated rings. The first-order valence-electron chi connectivity index (χ1n) is 12.1. The van der Waals surface area contributed by atoms with Crippen LogP contribution in [0.2, 0.25) is 0 Å². The van der Waals surface area contributed by atoms with Crippen molar-refractivity contribution in [2.75, 3.05) is 5.32 Å². The third-order valence-electron chi connectivity index (χ3n) is 6.59. The second kappa shape index (κ2) is 10.2. The van der Waals surface area contributed by atoms with Gasteiger partial charge in [0, 0.05) is 40.2 Å². The summed E-state index contributed by atoms with van der Waals surface area (Å²) in [5.41, 5.74) is 4.88. The molecular weight excluding hydrogens is 455 g/mol. The number of hydrogen-bond acceptors (Lipinski definition) is 4. The summed E-state index contributed by atoms with van der Waals surface area (Å²) < 4.78 is 19.6. The maximum absolute atomic E-state index is 13.6. The molecule has 0 radical (unpaired) electrons. The number of Topliss-reactive ketones (excluding diaryl/α,β-unsaturated/α-hetero) is 1. The van der Waals surface area contributed by atoms with Crippen molar-refractivity contribution in [1.82, 2.24) is 5.32 Å². The number of amides is 1. The van der Waals surface area contributed by atoms with Crippen LogP contribution in [0.25, 0.3) is 0 Å². The van der Waals surface area contributed by atoms with Gasteiger partial charge in [-0.3, -0.25) is 9.59 Å². The second-order valence-corrected chi connectivity index (χ2v) is 9.04. The van der Waals surface area contributed by atoms with E-state index in [1.165, 1.54) is 24.3 Å². The predicted octanol–water partition coefficient (Wildman–Crippen LogP) is 6.01. The molecule has 1 heterocycles. The summed E-state index contributed by atoms with van der Waals surface area (Å²) >= 11 is 0. The highest BCUT2D eigenvalue weighted by molar-refractivity contribution is 6.09. The van der Waals surface area contributed by atoms with Gasteiger partial charge in [0.1, 0.15) is 18.2 Å². The molecule has 1 atom stereocenters. The van der Waals surface area contributed by atoms with Crippen molar-refractivity contribution >= 4 is 17.4 Å². The van der Waals surface area contributed by atoms with Crippen molar-refractivity contribution < 1.29 is 18.7 Å². The molecule has 5 rings (SSSR count). The van der Waals surface area contributed by atoms with Crippen LogP contribution >= 0.6 is 0 Å². The van der Waals surface area contributed by atoms with Crippen molar-refractivity contribution in [1.29, 1.82) is 0 Å². The molecule has 182 valence electrons. The Morgan fingerprint density at radius 1 is 1.00 bits per heavy atom. The first-order valence-corrected chi connectivity index (χ1v) is 12.1.